The molecule has 1 aromatic carbocycles. The van der Waals surface area contributed by atoms with Gasteiger partial charge in [-0.15, -0.1) is 0 Å². The van der Waals surface area contributed by atoms with E-state index in [0.29, 0.717) is 6.54 Å². The van der Waals surface area contributed by atoms with Crippen molar-refractivity contribution in [1.29, 1.82) is 0 Å². The van der Waals surface area contributed by atoms with Gasteiger partial charge in [-0.3, -0.25) is 0 Å². The minimum atomic E-state index is -0.462. The fourth-order valence-corrected chi connectivity index (χ4v) is 2.93. The Morgan fingerprint density at radius 3 is 2.65 bits per heavy atom. The lowest BCUT2D eigenvalue weighted by Gasteiger charge is -2.24. The van der Waals surface area contributed by atoms with Crippen LogP contribution in [-0.2, 0) is 11.3 Å². The maximum absolute atomic E-state index is 12.0. The van der Waals surface area contributed by atoms with Crippen molar-refractivity contribution >= 4 is 11.8 Å². The summed E-state index contributed by atoms with van der Waals surface area (Å²) in [5.41, 5.74) is 1.78. The molecule has 0 aliphatic heterocycles. The summed E-state index contributed by atoms with van der Waals surface area (Å²) in [6, 6.07) is 8.29. The van der Waals surface area contributed by atoms with Gasteiger partial charge in [-0.2, -0.15) is 0 Å². The summed E-state index contributed by atoms with van der Waals surface area (Å²) in [7, 11) is 1.77. The average Bonchev–Trinajstić information content (AvgIpc) is 2.97. The third-order valence-corrected chi connectivity index (χ3v) is 4.12. The van der Waals surface area contributed by atoms with E-state index < -0.39 is 5.60 Å². The molecule has 0 atom stereocenters. The maximum Gasteiger partial charge on any atom is 0.410 e. The topological polar surface area (TPSA) is 41.6 Å². The quantitative estimate of drug-likeness (QED) is 0.859. The highest BCUT2D eigenvalue weighted by Crippen LogP contribution is 2.25. The fourth-order valence-electron chi connectivity index (χ4n) is 2.93. The van der Waals surface area contributed by atoms with Crippen molar-refractivity contribution in [1.82, 2.24) is 4.90 Å². The highest BCUT2D eigenvalue weighted by molar-refractivity contribution is 5.67. The average molecular weight is 318 g/mol. The van der Waals surface area contributed by atoms with Gasteiger partial charge in [0.25, 0.3) is 0 Å². The van der Waals surface area contributed by atoms with Crippen molar-refractivity contribution in [3.63, 3.8) is 0 Å². The Hall–Kier alpha value is -1.71. The Bertz CT molecular complexity index is 516. The number of ether oxygens (including phenoxy) is 1. The first-order chi connectivity index (χ1) is 10.8. The third-order valence-electron chi connectivity index (χ3n) is 4.12. The second-order valence-corrected chi connectivity index (χ2v) is 7.57. The molecule has 0 aromatic heterocycles. The number of amides is 1. The second kappa shape index (κ2) is 7.71. The fraction of sp³-hybridized carbons (Fsp3) is 0.632. The van der Waals surface area contributed by atoms with E-state index in [1.165, 1.54) is 25.7 Å². The molecule has 0 saturated heterocycles. The van der Waals surface area contributed by atoms with Crippen LogP contribution in [0.4, 0.5) is 10.5 Å². The smallest absolute Gasteiger partial charge is 0.410 e. The number of hydrogen-bond acceptors (Lipinski definition) is 3. The highest BCUT2D eigenvalue weighted by atomic mass is 16.6. The van der Waals surface area contributed by atoms with E-state index in [1.807, 2.05) is 32.9 Å². The number of carbonyl (C=O) groups excluding carboxylic acids is 1. The molecule has 0 spiro atoms. The van der Waals surface area contributed by atoms with Crippen LogP contribution in [0.1, 0.15) is 52.0 Å². The molecular formula is C19H30N2O2. The van der Waals surface area contributed by atoms with Crippen molar-refractivity contribution in [3.8, 4) is 0 Å². The zero-order valence-corrected chi connectivity index (χ0v) is 14.9. The summed E-state index contributed by atoms with van der Waals surface area (Å²) in [5, 5.41) is 3.53. The van der Waals surface area contributed by atoms with Crippen LogP contribution in [0.2, 0.25) is 0 Å². The van der Waals surface area contributed by atoms with E-state index in [1.54, 1.807) is 11.9 Å². The standard InChI is InChI=1S/C19H30N2O2/c1-19(2,3)23-18(22)21(4)14-16-10-7-11-17(12-16)20-13-15-8-5-6-9-15/h7,10-12,15,20H,5-6,8-9,13-14H2,1-4H3. The summed E-state index contributed by atoms with van der Waals surface area (Å²) in [6.45, 7) is 7.24. The first-order valence-corrected chi connectivity index (χ1v) is 8.60. The van der Waals surface area contributed by atoms with Gasteiger partial charge in [-0.1, -0.05) is 25.0 Å². The molecule has 0 heterocycles. The Kier molecular flexibility index (Phi) is 5.91. The Morgan fingerprint density at radius 1 is 1.30 bits per heavy atom. The molecule has 1 aromatic rings. The number of rotatable bonds is 5. The lowest BCUT2D eigenvalue weighted by molar-refractivity contribution is 0.0285. The van der Waals surface area contributed by atoms with Gasteiger partial charge in [0.15, 0.2) is 0 Å². The summed E-state index contributed by atoms with van der Waals surface area (Å²) < 4.78 is 5.39. The van der Waals surface area contributed by atoms with Crippen LogP contribution >= 0.6 is 0 Å². The molecule has 0 unspecified atom stereocenters. The number of nitrogens with one attached hydrogen (secondary N) is 1. The molecular weight excluding hydrogens is 288 g/mol. The van der Waals surface area contributed by atoms with Crippen LogP contribution in [0.15, 0.2) is 24.3 Å². The molecule has 4 nitrogen and oxygen atoms in total. The Morgan fingerprint density at radius 2 is 2.00 bits per heavy atom. The molecule has 4 heteroatoms. The van der Waals surface area contributed by atoms with Crippen LogP contribution in [0.25, 0.3) is 0 Å². The predicted octanol–water partition coefficient (Wildman–Crippen LogP) is 4.66. The number of carbonyl (C=O) groups is 1. The zero-order chi connectivity index (χ0) is 16.9. The number of hydrogen-bond donors (Lipinski definition) is 1. The third kappa shape index (κ3) is 6.12. The first kappa shape index (κ1) is 17.6. The van der Waals surface area contributed by atoms with Crippen LogP contribution in [0.3, 0.4) is 0 Å². The molecule has 0 bridgehead atoms. The van der Waals surface area contributed by atoms with Crippen molar-refractivity contribution in [2.24, 2.45) is 5.92 Å². The van der Waals surface area contributed by atoms with E-state index in [-0.39, 0.29) is 6.09 Å². The monoisotopic (exact) mass is 318 g/mol. The van der Waals surface area contributed by atoms with Gasteiger partial charge >= 0.3 is 6.09 Å². The molecule has 0 radical (unpaired) electrons. The van der Waals surface area contributed by atoms with Crippen LogP contribution in [0.5, 0.6) is 0 Å². The Balaban J connectivity index is 1.87. The molecule has 1 aliphatic carbocycles. The van der Waals surface area contributed by atoms with Crippen molar-refractivity contribution in [2.45, 2.75) is 58.6 Å². The number of benzene rings is 1. The van der Waals surface area contributed by atoms with Gasteiger partial charge in [-0.05, 0) is 57.2 Å². The summed E-state index contributed by atoms with van der Waals surface area (Å²) in [6.07, 6.45) is 5.13. The Labute approximate surface area is 140 Å². The molecule has 1 amide bonds. The van der Waals surface area contributed by atoms with Gasteiger partial charge in [0, 0.05) is 25.8 Å². The van der Waals surface area contributed by atoms with Gasteiger partial charge < -0.3 is 15.0 Å². The summed E-state index contributed by atoms with van der Waals surface area (Å²) in [5.74, 6) is 0.808. The van der Waals surface area contributed by atoms with E-state index in [9.17, 15) is 4.79 Å². The summed E-state index contributed by atoms with van der Waals surface area (Å²) in [4.78, 5) is 13.6. The minimum Gasteiger partial charge on any atom is -0.444 e. The lowest BCUT2D eigenvalue weighted by Crippen LogP contribution is -2.33. The van der Waals surface area contributed by atoms with Gasteiger partial charge in [0.05, 0.1) is 0 Å². The minimum absolute atomic E-state index is 0.290. The first-order valence-electron chi connectivity index (χ1n) is 8.60. The van der Waals surface area contributed by atoms with E-state index in [4.69, 9.17) is 4.74 Å². The molecule has 1 saturated carbocycles. The number of anilines is 1. The molecule has 2 rings (SSSR count). The highest BCUT2D eigenvalue weighted by Gasteiger charge is 2.19. The molecule has 128 valence electrons. The summed E-state index contributed by atoms with van der Waals surface area (Å²) >= 11 is 0. The van der Waals surface area contributed by atoms with Gasteiger partial charge in [0.1, 0.15) is 5.60 Å². The van der Waals surface area contributed by atoms with Crippen LogP contribution in [-0.4, -0.2) is 30.2 Å². The largest absolute Gasteiger partial charge is 0.444 e. The van der Waals surface area contributed by atoms with Gasteiger partial charge in [-0.25, -0.2) is 4.79 Å². The SMILES string of the molecule is CN(Cc1cccc(NCC2CCCC2)c1)C(=O)OC(C)(C)C. The lowest BCUT2D eigenvalue weighted by atomic mass is 10.1. The second-order valence-electron chi connectivity index (χ2n) is 7.57. The van der Waals surface area contributed by atoms with Crippen LogP contribution < -0.4 is 5.32 Å². The van der Waals surface area contributed by atoms with E-state index >= 15 is 0 Å². The molecule has 1 fully saturated rings. The zero-order valence-electron chi connectivity index (χ0n) is 14.9. The number of nitrogens with zero attached hydrogens (tertiary/aromatic N) is 1. The molecule has 1 aliphatic rings. The molecule has 1 N–H and O–H groups in total. The van der Waals surface area contributed by atoms with Crippen LogP contribution in [0, 0.1) is 5.92 Å². The van der Waals surface area contributed by atoms with Crippen molar-refractivity contribution in [3.05, 3.63) is 29.8 Å². The normalized spacial score (nSPS) is 15.5. The van der Waals surface area contributed by atoms with E-state index in [0.717, 1.165) is 23.7 Å². The predicted molar refractivity (Wildman–Crippen MR) is 94.6 cm³/mol. The maximum atomic E-state index is 12.0. The van der Waals surface area contributed by atoms with E-state index in [2.05, 4.69) is 17.4 Å². The van der Waals surface area contributed by atoms with Gasteiger partial charge in [0.2, 0.25) is 0 Å². The van der Waals surface area contributed by atoms with Crippen molar-refractivity contribution < 1.29 is 9.53 Å². The molecule has 23 heavy (non-hydrogen) atoms. The van der Waals surface area contributed by atoms with Crippen molar-refractivity contribution in [2.75, 3.05) is 18.9 Å².